The fourth-order valence-electron chi connectivity index (χ4n) is 2.92. The van der Waals surface area contributed by atoms with Crippen molar-refractivity contribution >= 4 is 10.0 Å². The minimum Gasteiger partial charge on any atom is -0.316 e. The Morgan fingerprint density at radius 1 is 1.44 bits per heavy atom. The van der Waals surface area contributed by atoms with Gasteiger partial charge in [0, 0.05) is 32.9 Å². The molecule has 1 N–H and O–H groups in total. The quantitative estimate of drug-likeness (QED) is 0.808. The van der Waals surface area contributed by atoms with Crippen molar-refractivity contribution in [3.63, 3.8) is 0 Å². The van der Waals surface area contributed by atoms with Crippen molar-refractivity contribution in [1.82, 2.24) is 19.4 Å². The van der Waals surface area contributed by atoms with E-state index in [1.807, 2.05) is 0 Å². The summed E-state index contributed by atoms with van der Waals surface area (Å²) in [6.45, 7) is 3.20. The van der Waals surface area contributed by atoms with Crippen molar-refractivity contribution in [2.45, 2.75) is 17.7 Å². The Labute approximate surface area is 107 Å². The highest BCUT2D eigenvalue weighted by Gasteiger charge is 2.44. The summed E-state index contributed by atoms with van der Waals surface area (Å²) in [6.07, 6.45) is 5.02. The van der Waals surface area contributed by atoms with Crippen molar-refractivity contribution in [1.29, 1.82) is 0 Å². The Kier molecular flexibility index (Phi) is 2.72. The molecule has 0 bridgehead atoms. The lowest BCUT2D eigenvalue weighted by atomic mass is 9.87. The van der Waals surface area contributed by atoms with Gasteiger partial charge in [-0.2, -0.15) is 9.40 Å². The number of aryl methyl sites for hydroxylation is 1. The molecule has 0 radical (unpaired) electrons. The highest BCUT2D eigenvalue weighted by atomic mass is 32.2. The first-order chi connectivity index (χ1) is 8.52. The molecule has 1 unspecified atom stereocenters. The predicted octanol–water partition coefficient (Wildman–Crippen LogP) is -0.206. The third-order valence-corrected chi connectivity index (χ3v) is 5.85. The van der Waals surface area contributed by atoms with Gasteiger partial charge in [0.05, 0.1) is 6.20 Å². The molecule has 6 nitrogen and oxygen atoms in total. The molecule has 0 aliphatic carbocycles. The normalized spacial score (nSPS) is 29.4. The highest BCUT2D eigenvalue weighted by Crippen LogP contribution is 2.38. The van der Waals surface area contributed by atoms with Gasteiger partial charge in [0.2, 0.25) is 10.0 Å². The van der Waals surface area contributed by atoms with Gasteiger partial charge >= 0.3 is 0 Å². The van der Waals surface area contributed by atoms with Crippen LogP contribution >= 0.6 is 0 Å². The van der Waals surface area contributed by atoms with Crippen LogP contribution in [0, 0.1) is 5.41 Å². The molecule has 1 aromatic heterocycles. The van der Waals surface area contributed by atoms with Crippen molar-refractivity contribution in [3.8, 4) is 0 Å². The van der Waals surface area contributed by atoms with E-state index in [0.717, 1.165) is 25.9 Å². The maximum absolute atomic E-state index is 12.4. The molecule has 1 spiro atoms. The maximum atomic E-state index is 12.4. The summed E-state index contributed by atoms with van der Waals surface area (Å²) in [7, 11) is -1.63. The molecule has 1 atom stereocenters. The fraction of sp³-hybridized carbons (Fsp3) is 0.727. The molecule has 0 saturated carbocycles. The number of nitrogens with one attached hydrogen (secondary N) is 1. The first-order valence-electron chi connectivity index (χ1n) is 6.21. The van der Waals surface area contributed by atoms with Crippen molar-refractivity contribution in [2.75, 3.05) is 26.2 Å². The smallest absolute Gasteiger partial charge is 0.246 e. The Morgan fingerprint density at radius 3 is 2.89 bits per heavy atom. The third-order valence-electron chi connectivity index (χ3n) is 4.05. The first-order valence-corrected chi connectivity index (χ1v) is 7.65. The van der Waals surface area contributed by atoms with E-state index in [0.29, 0.717) is 18.0 Å². The number of nitrogens with zero attached hydrogens (tertiary/aromatic N) is 3. The van der Waals surface area contributed by atoms with Crippen LogP contribution in [0.3, 0.4) is 0 Å². The maximum Gasteiger partial charge on any atom is 0.246 e. The molecule has 1 aromatic rings. The lowest BCUT2D eigenvalue weighted by molar-refractivity contribution is 0.338. The predicted molar refractivity (Wildman–Crippen MR) is 66.5 cm³/mol. The van der Waals surface area contributed by atoms with Gasteiger partial charge in [-0.25, -0.2) is 8.42 Å². The topological polar surface area (TPSA) is 67.2 Å². The summed E-state index contributed by atoms with van der Waals surface area (Å²) in [5, 5.41) is 7.27. The number of aromatic nitrogens is 2. The van der Waals surface area contributed by atoms with E-state index >= 15 is 0 Å². The SMILES string of the molecule is Cn1cc(S(=O)(=O)N2CCC3(CCNC3)C2)cn1. The van der Waals surface area contributed by atoms with E-state index in [9.17, 15) is 8.42 Å². The minimum absolute atomic E-state index is 0.162. The van der Waals surface area contributed by atoms with E-state index in [1.54, 1.807) is 17.5 Å². The van der Waals surface area contributed by atoms with Gasteiger partial charge in [0.1, 0.15) is 4.90 Å². The molecular formula is C11H18N4O2S. The summed E-state index contributed by atoms with van der Waals surface area (Å²) in [5.74, 6) is 0. The molecule has 2 aliphatic rings. The summed E-state index contributed by atoms with van der Waals surface area (Å²) >= 11 is 0. The van der Waals surface area contributed by atoms with Crippen molar-refractivity contribution in [3.05, 3.63) is 12.4 Å². The molecule has 0 aromatic carbocycles. The zero-order chi connectivity index (χ0) is 12.8. The van der Waals surface area contributed by atoms with Crippen LogP contribution in [0.4, 0.5) is 0 Å². The lowest BCUT2D eigenvalue weighted by Crippen LogP contribution is -2.33. The van der Waals surface area contributed by atoms with Crippen molar-refractivity contribution in [2.24, 2.45) is 12.5 Å². The van der Waals surface area contributed by atoms with Crippen LogP contribution < -0.4 is 5.32 Å². The van der Waals surface area contributed by atoms with Gasteiger partial charge < -0.3 is 5.32 Å². The van der Waals surface area contributed by atoms with Gasteiger partial charge in [-0.1, -0.05) is 0 Å². The monoisotopic (exact) mass is 270 g/mol. The molecule has 3 rings (SSSR count). The molecule has 0 amide bonds. The highest BCUT2D eigenvalue weighted by molar-refractivity contribution is 7.89. The molecule has 2 fully saturated rings. The number of sulfonamides is 1. The summed E-state index contributed by atoms with van der Waals surface area (Å²) in [4.78, 5) is 0.299. The molecule has 18 heavy (non-hydrogen) atoms. The van der Waals surface area contributed by atoms with Gasteiger partial charge in [-0.05, 0) is 24.8 Å². The second kappa shape index (κ2) is 4.04. The Balaban J connectivity index is 1.83. The largest absolute Gasteiger partial charge is 0.316 e. The summed E-state index contributed by atoms with van der Waals surface area (Å²) in [5.41, 5.74) is 0.162. The Morgan fingerprint density at radius 2 is 2.28 bits per heavy atom. The van der Waals surface area contributed by atoms with Crippen LogP contribution in [0.25, 0.3) is 0 Å². The minimum atomic E-state index is -3.36. The molecule has 2 aliphatic heterocycles. The van der Waals surface area contributed by atoms with Crippen LogP contribution in [-0.2, 0) is 17.1 Å². The van der Waals surface area contributed by atoms with Crippen LogP contribution in [0.5, 0.6) is 0 Å². The van der Waals surface area contributed by atoms with E-state index in [-0.39, 0.29) is 5.41 Å². The van der Waals surface area contributed by atoms with Gasteiger partial charge in [0.25, 0.3) is 0 Å². The van der Waals surface area contributed by atoms with Crippen LogP contribution in [-0.4, -0.2) is 48.7 Å². The Bertz CT molecular complexity index is 545. The second-order valence-electron chi connectivity index (χ2n) is 5.37. The van der Waals surface area contributed by atoms with Gasteiger partial charge in [-0.3, -0.25) is 4.68 Å². The zero-order valence-corrected chi connectivity index (χ0v) is 11.3. The third kappa shape index (κ3) is 1.86. The standard InChI is InChI=1S/C11H18N4O2S/c1-14-7-10(6-13-14)18(16,17)15-5-3-11(9-15)2-4-12-8-11/h6-7,12H,2-5,8-9H2,1H3. The number of rotatable bonds is 2. The van der Waals surface area contributed by atoms with E-state index in [2.05, 4.69) is 10.4 Å². The number of hydrogen-bond donors (Lipinski definition) is 1. The fourth-order valence-corrected chi connectivity index (χ4v) is 4.46. The molecular weight excluding hydrogens is 252 g/mol. The number of hydrogen-bond acceptors (Lipinski definition) is 4. The van der Waals surface area contributed by atoms with E-state index in [1.165, 1.54) is 10.9 Å². The summed E-state index contributed by atoms with van der Waals surface area (Å²) in [6, 6.07) is 0. The molecule has 100 valence electrons. The average molecular weight is 270 g/mol. The van der Waals surface area contributed by atoms with Crippen molar-refractivity contribution < 1.29 is 8.42 Å². The van der Waals surface area contributed by atoms with E-state index in [4.69, 9.17) is 0 Å². The second-order valence-corrected chi connectivity index (χ2v) is 7.30. The van der Waals surface area contributed by atoms with Gasteiger partial charge in [-0.15, -0.1) is 0 Å². The first kappa shape index (κ1) is 12.1. The van der Waals surface area contributed by atoms with Gasteiger partial charge in [0.15, 0.2) is 0 Å². The van der Waals surface area contributed by atoms with E-state index < -0.39 is 10.0 Å². The zero-order valence-electron chi connectivity index (χ0n) is 10.5. The van der Waals surface area contributed by atoms with Crippen LogP contribution in [0.1, 0.15) is 12.8 Å². The van der Waals surface area contributed by atoms with Crippen LogP contribution in [0.2, 0.25) is 0 Å². The van der Waals surface area contributed by atoms with Crippen LogP contribution in [0.15, 0.2) is 17.3 Å². The average Bonchev–Trinajstić information content (AvgIpc) is 3.02. The lowest BCUT2D eigenvalue weighted by Gasteiger charge is -2.22. The Hall–Kier alpha value is -0.920. The molecule has 7 heteroatoms. The molecule has 3 heterocycles. The summed E-state index contributed by atoms with van der Waals surface area (Å²) < 4.78 is 28.0. The molecule has 2 saturated heterocycles.